The summed E-state index contributed by atoms with van der Waals surface area (Å²) in [5, 5.41) is 0.764. The average molecular weight is 287 g/mol. The van der Waals surface area contributed by atoms with Gasteiger partial charge in [-0.15, -0.1) is 0 Å². The van der Waals surface area contributed by atoms with Crippen molar-refractivity contribution in [2.75, 3.05) is 0 Å². The zero-order valence-corrected chi connectivity index (χ0v) is 12.7. The van der Waals surface area contributed by atoms with Gasteiger partial charge in [-0.2, -0.15) is 0 Å². The molecule has 1 nitrogen and oxygen atoms in total. The van der Waals surface area contributed by atoms with Gasteiger partial charge in [0.2, 0.25) is 0 Å². The minimum atomic E-state index is 0.132. The van der Waals surface area contributed by atoms with Gasteiger partial charge < -0.3 is 0 Å². The lowest BCUT2D eigenvalue weighted by atomic mass is 10.1. The van der Waals surface area contributed by atoms with Gasteiger partial charge in [0.05, 0.1) is 0 Å². The highest BCUT2D eigenvalue weighted by Gasteiger charge is 1.96. The molecule has 0 atom stereocenters. The molecule has 2 rings (SSSR count). The Labute approximate surface area is 125 Å². The lowest BCUT2D eigenvalue weighted by Gasteiger charge is -1.97. The summed E-state index contributed by atoms with van der Waals surface area (Å²) in [7, 11) is 0. The van der Waals surface area contributed by atoms with E-state index in [-0.39, 0.29) is 5.78 Å². The number of rotatable bonds is 3. The summed E-state index contributed by atoms with van der Waals surface area (Å²) in [5.74, 6) is 0.132. The first-order valence-electron chi connectivity index (χ1n) is 6.54. The van der Waals surface area contributed by atoms with Crippen molar-refractivity contribution in [3.63, 3.8) is 0 Å². The van der Waals surface area contributed by atoms with Crippen LogP contribution in [-0.2, 0) is 6.42 Å². The number of carbonyl (C=O) groups is 1. The molecule has 0 unspecified atom stereocenters. The van der Waals surface area contributed by atoms with Crippen LogP contribution in [0.1, 0.15) is 35.3 Å². The lowest BCUT2D eigenvalue weighted by Crippen LogP contribution is -1.91. The van der Waals surface area contributed by atoms with Gasteiger partial charge in [0.1, 0.15) is 0 Å². The number of Topliss-reactive ketones (excluding diaryl/α,β-unsaturated/α-hetero) is 1. The summed E-state index contributed by atoms with van der Waals surface area (Å²) >= 11 is 5.63. The van der Waals surface area contributed by atoms with E-state index in [1.807, 2.05) is 48.5 Å². The molecule has 0 bridgehead atoms. The van der Waals surface area contributed by atoms with Crippen molar-refractivity contribution in [2.24, 2.45) is 0 Å². The number of ketones is 1. The first-order valence-corrected chi connectivity index (χ1v) is 6.92. The van der Waals surface area contributed by atoms with Crippen molar-refractivity contribution >= 4 is 23.5 Å². The van der Waals surface area contributed by atoms with Gasteiger partial charge in [0, 0.05) is 10.6 Å². The molecular formula is C18H19ClO. The Bertz CT molecular complexity index is 553. The first-order chi connectivity index (χ1) is 9.56. The summed E-state index contributed by atoms with van der Waals surface area (Å²) in [6.07, 6.45) is 2.81. The molecule has 104 valence electrons. The molecule has 0 radical (unpaired) electrons. The van der Waals surface area contributed by atoms with Crippen LogP contribution in [0.25, 0.3) is 6.08 Å². The molecule has 0 amide bonds. The molecular weight excluding hydrogens is 268 g/mol. The zero-order valence-electron chi connectivity index (χ0n) is 11.9. The molecule has 0 aliphatic carbocycles. The molecule has 0 aromatic heterocycles. The van der Waals surface area contributed by atoms with Crippen LogP contribution >= 0.6 is 11.6 Å². The van der Waals surface area contributed by atoms with Gasteiger partial charge in [-0.05, 0) is 36.6 Å². The molecule has 0 N–H and O–H groups in total. The fourth-order valence-corrected chi connectivity index (χ4v) is 1.70. The smallest absolute Gasteiger partial charge is 0.159 e. The van der Waals surface area contributed by atoms with Crippen molar-refractivity contribution < 1.29 is 4.79 Å². The third kappa shape index (κ3) is 5.41. The third-order valence-corrected chi connectivity index (χ3v) is 3.13. The summed E-state index contributed by atoms with van der Waals surface area (Å²) < 4.78 is 0. The molecule has 0 saturated carbocycles. The molecule has 0 saturated heterocycles. The van der Waals surface area contributed by atoms with E-state index in [0.29, 0.717) is 0 Å². The highest BCUT2D eigenvalue weighted by molar-refractivity contribution is 6.30. The number of benzene rings is 2. The summed E-state index contributed by atoms with van der Waals surface area (Å²) in [6.45, 7) is 7.30. The minimum Gasteiger partial charge on any atom is -0.295 e. The van der Waals surface area contributed by atoms with Crippen molar-refractivity contribution in [3.05, 3.63) is 76.8 Å². The molecule has 0 aliphatic heterocycles. The number of halogens is 1. The quantitative estimate of drug-likeness (QED) is 0.687. The van der Waals surface area contributed by atoms with Crippen molar-refractivity contribution in [1.82, 2.24) is 0 Å². The molecule has 20 heavy (non-hydrogen) atoms. The van der Waals surface area contributed by atoms with E-state index in [4.69, 9.17) is 11.6 Å². The molecule has 2 aromatic rings. The molecule has 0 aliphatic rings. The van der Waals surface area contributed by atoms with Gasteiger partial charge in [0.15, 0.2) is 5.78 Å². The Morgan fingerprint density at radius 2 is 1.65 bits per heavy atom. The standard InChI is InChI=1S/C10H12O.C8H7Cl/c1-3-9-4-6-10(7-5-9)8(2)11;1-2-7-3-5-8(9)6-4-7/h4-7H,3H2,1-2H3;2-6H,1H2. The van der Waals surface area contributed by atoms with Crippen molar-refractivity contribution in [2.45, 2.75) is 20.3 Å². The van der Waals surface area contributed by atoms with Gasteiger partial charge in [0.25, 0.3) is 0 Å². The Morgan fingerprint density at radius 3 is 2.05 bits per heavy atom. The lowest BCUT2D eigenvalue weighted by molar-refractivity contribution is 0.101. The van der Waals surface area contributed by atoms with Crippen LogP contribution in [0.4, 0.5) is 0 Å². The maximum absolute atomic E-state index is 10.8. The predicted molar refractivity (Wildman–Crippen MR) is 87.4 cm³/mol. The van der Waals surface area contributed by atoms with Gasteiger partial charge in [-0.1, -0.05) is 67.6 Å². The van der Waals surface area contributed by atoms with E-state index >= 15 is 0 Å². The van der Waals surface area contributed by atoms with E-state index in [1.54, 1.807) is 13.0 Å². The van der Waals surface area contributed by atoms with Crippen LogP contribution in [0, 0.1) is 0 Å². The summed E-state index contributed by atoms with van der Waals surface area (Å²) in [6, 6.07) is 15.3. The van der Waals surface area contributed by atoms with Crippen LogP contribution in [0.3, 0.4) is 0 Å². The maximum atomic E-state index is 10.8. The number of carbonyl (C=O) groups excluding carboxylic acids is 1. The zero-order chi connectivity index (χ0) is 15.0. The Hall–Kier alpha value is -1.86. The van der Waals surface area contributed by atoms with Crippen molar-refractivity contribution in [1.29, 1.82) is 0 Å². The SMILES string of the molecule is C=Cc1ccc(Cl)cc1.CCc1ccc(C(C)=O)cc1. The van der Waals surface area contributed by atoms with Gasteiger partial charge >= 0.3 is 0 Å². The topological polar surface area (TPSA) is 17.1 Å². The number of aryl methyl sites for hydroxylation is 1. The van der Waals surface area contributed by atoms with E-state index in [9.17, 15) is 4.79 Å². The minimum absolute atomic E-state index is 0.132. The Kier molecular flexibility index (Phi) is 6.75. The van der Waals surface area contributed by atoms with Crippen LogP contribution in [0.2, 0.25) is 5.02 Å². The van der Waals surface area contributed by atoms with Crippen LogP contribution < -0.4 is 0 Å². The molecule has 0 spiro atoms. The Morgan fingerprint density at radius 1 is 1.10 bits per heavy atom. The monoisotopic (exact) mass is 286 g/mol. The second-order valence-electron chi connectivity index (χ2n) is 4.36. The predicted octanol–water partition coefficient (Wildman–Crippen LogP) is 5.43. The molecule has 2 heteroatoms. The van der Waals surface area contributed by atoms with E-state index in [1.165, 1.54) is 5.56 Å². The van der Waals surface area contributed by atoms with Crippen LogP contribution in [-0.4, -0.2) is 5.78 Å². The first kappa shape index (κ1) is 16.2. The molecule has 0 heterocycles. The van der Waals surface area contributed by atoms with E-state index < -0.39 is 0 Å². The van der Waals surface area contributed by atoms with E-state index in [0.717, 1.165) is 22.6 Å². The average Bonchev–Trinajstić information content (AvgIpc) is 2.49. The second-order valence-corrected chi connectivity index (χ2v) is 4.80. The van der Waals surface area contributed by atoms with Crippen molar-refractivity contribution in [3.8, 4) is 0 Å². The molecule has 0 fully saturated rings. The fourth-order valence-electron chi connectivity index (χ4n) is 1.57. The fraction of sp³-hybridized carbons (Fsp3) is 0.167. The van der Waals surface area contributed by atoms with E-state index in [2.05, 4.69) is 13.5 Å². The number of hydrogen-bond donors (Lipinski definition) is 0. The molecule has 2 aromatic carbocycles. The second kappa shape index (κ2) is 8.34. The van der Waals surface area contributed by atoms with Crippen LogP contribution in [0.15, 0.2) is 55.1 Å². The normalized spacial score (nSPS) is 9.35. The van der Waals surface area contributed by atoms with Crippen LogP contribution in [0.5, 0.6) is 0 Å². The summed E-state index contributed by atoms with van der Waals surface area (Å²) in [5.41, 5.74) is 3.16. The number of hydrogen-bond acceptors (Lipinski definition) is 1. The summed E-state index contributed by atoms with van der Waals surface area (Å²) in [4.78, 5) is 10.8. The van der Waals surface area contributed by atoms with Gasteiger partial charge in [-0.3, -0.25) is 4.79 Å². The highest BCUT2D eigenvalue weighted by Crippen LogP contribution is 2.09. The van der Waals surface area contributed by atoms with Gasteiger partial charge in [-0.25, -0.2) is 0 Å². The Balaban J connectivity index is 0.000000204. The third-order valence-electron chi connectivity index (χ3n) is 2.87. The highest BCUT2D eigenvalue weighted by atomic mass is 35.5. The largest absolute Gasteiger partial charge is 0.295 e. The maximum Gasteiger partial charge on any atom is 0.159 e.